The second-order valence-corrected chi connectivity index (χ2v) is 5.07. The third-order valence-electron chi connectivity index (χ3n) is 3.43. The Morgan fingerprint density at radius 1 is 1.14 bits per heavy atom. The molecule has 0 aliphatic heterocycles. The van der Waals surface area contributed by atoms with Crippen molar-refractivity contribution in [2.75, 3.05) is 7.05 Å². The molecule has 0 saturated heterocycles. The quantitative estimate of drug-likeness (QED) is 0.884. The van der Waals surface area contributed by atoms with E-state index in [-0.39, 0.29) is 18.3 Å². The second-order valence-electron chi connectivity index (χ2n) is 5.07. The summed E-state index contributed by atoms with van der Waals surface area (Å²) >= 11 is 0. The maximum absolute atomic E-state index is 12.9. The van der Waals surface area contributed by atoms with E-state index in [4.69, 9.17) is 5.11 Å². The SMILES string of the molecule is CN(Cc1ccc(F)cc1)C(CC(=O)O)c1ccccc1. The van der Waals surface area contributed by atoms with Crippen molar-refractivity contribution in [1.82, 2.24) is 4.90 Å². The molecule has 1 atom stereocenters. The minimum atomic E-state index is -0.838. The lowest BCUT2D eigenvalue weighted by Crippen LogP contribution is -2.26. The van der Waals surface area contributed by atoms with Gasteiger partial charge in [-0.1, -0.05) is 42.5 Å². The molecule has 0 spiro atoms. The van der Waals surface area contributed by atoms with Crippen LogP contribution in [-0.4, -0.2) is 23.0 Å². The number of carboxylic acids is 1. The van der Waals surface area contributed by atoms with Gasteiger partial charge in [0.2, 0.25) is 0 Å². The molecule has 110 valence electrons. The molecule has 2 rings (SSSR count). The molecule has 21 heavy (non-hydrogen) atoms. The number of carboxylic acid groups (broad SMARTS) is 1. The highest BCUT2D eigenvalue weighted by molar-refractivity contribution is 5.67. The molecule has 0 aliphatic carbocycles. The first kappa shape index (κ1) is 15.2. The first-order chi connectivity index (χ1) is 10.1. The molecule has 0 amide bonds. The Balaban J connectivity index is 2.16. The van der Waals surface area contributed by atoms with Crippen LogP contribution >= 0.6 is 0 Å². The van der Waals surface area contributed by atoms with Crippen molar-refractivity contribution in [3.8, 4) is 0 Å². The number of halogens is 1. The van der Waals surface area contributed by atoms with Gasteiger partial charge in [0.25, 0.3) is 0 Å². The van der Waals surface area contributed by atoms with Crippen LogP contribution in [0, 0.1) is 5.82 Å². The molecule has 0 aromatic heterocycles. The summed E-state index contributed by atoms with van der Waals surface area (Å²) in [5, 5.41) is 9.12. The van der Waals surface area contributed by atoms with Gasteiger partial charge in [-0.15, -0.1) is 0 Å². The van der Waals surface area contributed by atoms with Crippen LogP contribution in [-0.2, 0) is 11.3 Å². The molecule has 2 aromatic carbocycles. The van der Waals surface area contributed by atoms with Gasteiger partial charge < -0.3 is 5.11 Å². The Morgan fingerprint density at radius 3 is 2.33 bits per heavy atom. The van der Waals surface area contributed by atoms with Crippen molar-refractivity contribution in [3.63, 3.8) is 0 Å². The van der Waals surface area contributed by atoms with Gasteiger partial charge in [-0.3, -0.25) is 9.69 Å². The summed E-state index contributed by atoms with van der Waals surface area (Å²) in [6, 6.07) is 15.6. The monoisotopic (exact) mass is 287 g/mol. The number of nitrogens with zero attached hydrogens (tertiary/aromatic N) is 1. The van der Waals surface area contributed by atoms with Crippen molar-refractivity contribution in [2.24, 2.45) is 0 Å². The average Bonchev–Trinajstić information content (AvgIpc) is 2.48. The van der Waals surface area contributed by atoms with Crippen LogP contribution in [0.3, 0.4) is 0 Å². The molecular formula is C17H18FNO2. The molecule has 4 heteroatoms. The fourth-order valence-corrected chi connectivity index (χ4v) is 2.36. The van der Waals surface area contributed by atoms with Crippen LogP contribution in [0.2, 0.25) is 0 Å². The zero-order chi connectivity index (χ0) is 15.2. The summed E-state index contributed by atoms with van der Waals surface area (Å²) in [6.45, 7) is 0.563. The van der Waals surface area contributed by atoms with E-state index in [0.717, 1.165) is 11.1 Å². The van der Waals surface area contributed by atoms with Crippen molar-refractivity contribution >= 4 is 5.97 Å². The predicted molar refractivity (Wildman–Crippen MR) is 79.3 cm³/mol. The van der Waals surface area contributed by atoms with Gasteiger partial charge in [0.1, 0.15) is 5.82 Å². The second kappa shape index (κ2) is 6.99. The zero-order valence-corrected chi connectivity index (χ0v) is 11.9. The average molecular weight is 287 g/mol. The van der Waals surface area contributed by atoms with E-state index in [9.17, 15) is 9.18 Å². The number of hydrogen-bond donors (Lipinski definition) is 1. The molecule has 1 N–H and O–H groups in total. The summed E-state index contributed by atoms with van der Waals surface area (Å²) in [4.78, 5) is 13.1. The lowest BCUT2D eigenvalue weighted by atomic mass is 10.0. The van der Waals surface area contributed by atoms with E-state index in [1.165, 1.54) is 12.1 Å². The summed E-state index contributed by atoms with van der Waals surface area (Å²) in [5.41, 5.74) is 1.91. The number of aliphatic carboxylic acids is 1. The molecule has 0 fully saturated rings. The van der Waals surface area contributed by atoms with Crippen LogP contribution in [0.4, 0.5) is 4.39 Å². The summed E-state index contributed by atoms with van der Waals surface area (Å²) < 4.78 is 12.9. The lowest BCUT2D eigenvalue weighted by molar-refractivity contribution is -0.138. The third-order valence-corrected chi connectivity index (χ3v) is 3.43. The van der Waals surface area contributed by atoms with Crippen molar-refractivity contribution < 1.29 is 14.3 Å². The highest BCUT2D eigenvalue weighted by atomic mass is 19.1. The molecule has 0 bridgehead atoms. The van der Waals surface area contributed by atoms with Gasteiger partial charge >= 0.3 is 5.97 Å². The van der Waals surface area contributed by atoms with E-state index >= 15 is 0 Å². The smallest absolute Gasteiger partial charge is 0.305 e. The Bertz CT molecular complexity index is 583. The third kappa shape index (κ3) is 4.39. The van der Waals surface area contributed by atoms with E-state index < -0.39 is 5.97 Å². The predicted octanol–water partition coefficient (Wildman–Crippen LogP) is 3.47. The van der Waals surface area contributed by atoms with Gasteiger partial charge in [0.05, 0.1) is 6.42 Å². The number of hydrogen-bond acceptors (Lipinski definition) is 2. The molecule has 2 aromatic rings. The summed E-state index contributed by atoms with van der Waals surface area (Å²) in [5.74, 6) is -1.11. The van der Waals surface area contributed by atoms with Crippen molar-refractivity contribution in [3.05, 3.63) is 71.5 Å². The van der Waals surface area contributed by atoms with Crippen LogP contribution in [0.15, 0.2) is 54.6 Å². The van der Waals surface area contributed by atoms with Gasteiger partial charge in [0, 0.05) is 12.6 Å². The van der Waals surface area contributed by atoms with Crippen LogP contribution in [0.5, 0.6) is 0 Å². The molecule has 3 nitrogen and oxygen atoms in total. The molecule has 0 heterocycles. The molecular weight excluding hydrogens is 269 g/mol. The van der Waals surface area contributed by atoms with Crippen LogP contribution in [0.25, 0.3) is 0 Å². The zero-order valence-electron chi connectivity index (χ0n) is 11.9. The fourth-order valence-electron chi connectivity index (χ4n) is 2.36. The van der Waals surface area contributed by atoms with E-state index in [0.29, 0.717) is 6.54 Å². The van der Waals surface area contributed by atoms with E-state index in [2.05, 4.69) is 0 Å². The minimum Gasteiger partial charge on any atom is -0.481 e. The standard InChI is InChI=1S/C17H18FNO2/c1-19(12-13-7-9-15(18)10-8-13)16(11-17(20)21)14-5-3-2-4-6-14/h2-10,16H,11-12H2,1H3,(H,20,21). The Kier molecular flexibility index (Phi) is 5.06. The first-order valence-corrected chi connectivity index (χ1v) is 6.77. The fraction of sp³-hybridized carbons (Fsp3) is 0.235. The van der Waals surface area contributed by atoms with Gasteiger partial charge in [-0.25, -0.2) is 4.39 Å². The lowest BCUT2D eigenvalue weighted by Gasteiger charge is -2.27. The first-order valence-electron chi connectivity index (χ1n) is 6.77. The van der Waals surface area contributed by atoms with Gasteiger partial charge in [-0.2, -0.15) is 0 Å². The van der Waals surface area contributed by atoms with Crippen LogP contribution in [0.1, 0.15) is 23.6 Å². The largest absolute Gasteiger partial charge is 0.481 e. The van der Waals surface area contributed by atoms with E-state index in [1.54, 1.807) is 12.1 Å². The molecule has 0 aliphatic rings. The normalized spacial score (nSPS) is 12.3. The highest BCUT2D eigenvalue weighted by Crippen LogP contribution is 2.24. The van der Waals surface area contributed by atoms with Crippen LogP contribution < -0.4 is 0 Å². The van der Waals surface area contributed by atoms with Gasteiger partial charge in [0.15, 0.2) is 0 Å². The van der Waals surface area contributed by atoms with Crippen molar-refractivity contribution in [2.45, 2.75) is 19.0 Å². The molecule has 0 radical (unpaired) electrons. The van der Waals surface area contributed by atoms with Crippen molar-refractivity contribution in [1.29, 1.82) is 0 Å². The number of benzene rings is 2. The Morgan fingerprint density at radius 2 is 1.76 bits per heavy atom. The molecule has 1 unspecified atom stereocenters. The number of rotatable bonds is 6. The highest BCUT2D eigenvalue weighted by Gasteiger charge is 2.20. The topological polar surface area (TPSA) is 40.5 Å². The molecule has 0 saturated carbocycles. The maximum Gasteiger partial charge on any atom is 0.305 e. The maximum atomic E-state index is 12.9. The summed E-state index contributed by atoms with van der Waals surface area (Å²) in [7, 11) is 1.88. The van der Waals surface area contributed by atoms with Gasteiger partial charge in [-0.05, 0) is 30.3 Å². The summed E-state index contributed by atoms with van der Waals surface area (Å²) in [6.07, 6.45) is 0.0295. The van der Waals surface area contributed by atoms with E-state index in [1.807, 2.05) is 42.3 Å². The number of carbonyl (C=O) groups is 1. The minimum absolute atomic E-state index is 0.0295. The Hall–Kier alpha value is -2.20. The Labute approximate surface area is 123 Å².